The van der Waals surface area contributed by atoms with Gasteiger partial charge in [-0.2, -0.15) is 0 Å². The van der Waals surface area contributed by atoms with Crippen LogP contribution >= 0.6 is 11.3 Å². The summed E-state index contributed by atoms with van der Waals surface area (Å²) >= 11 is 1.50. The number of nitrogens with zero attached hydrogens (tertiary/aromatic N) is 4. The number of amides is 1. The van der Waals surface area contributed by atoms with Crippen LogP contribution in [-0.2, 0) is 11.2 Å². The van der Waals surface area contributed by atoms with E-state index in [0.29, 0.717) is 13.0 Å². The molecule has 1 amide bonds. The number of hydrogen-bond donors (Lipinski definition) is 1. The summed E-state index contributed by atoms with van der Waals surface area (Å²) in [6.07, 6.45) is 5.55. The van der Waals surface area contributed by atoms with Crippen molar-refractivity contribution in [3.8, 4) is 10.7 Å². The zero-order valence-corrected chi connectivity index (χ0v) is 15.9. The largest absolute Gasteiger partial charge is 0.354 e. The molecule has 0 unspecified atom stereocenters. The Morgan fingerprint density at radius 2 is 2.04 bits per heavy atom. The summed E-state index contributed by atoms with van der Waals surface area (Å²) in [6, 6.07) is 5.52. The Hall–Kier alpha value is -2.71. The van der Waals surface area contributed by atoms with Gasteiger partial charge >= 0.3 is 0 Å². The van der Waals surface area contributed by atoms with Gasteiger partial charge in [0, 0.05) is 30.7 Å². The first kappa shape index (κ1) is 19.1. The van der Waals surface area contributed by atoms with Crippen LogP contribution in [0.4, 0.5) is 4.39 Å². The third-order valence-electron chi connectivity index (χ3n) is 3.96. The van der Waals surface area contributed by atoms with Gasteiger partial charge in [-0.15, -0.1) is 11.3 Å². The monoisotopic (exact) mass is 385 g/mol. The maximum Gasteiger partial charge on any atom is 0.241 e. The highest BCUT2D eigenvalue weighted by Gasteiger charge is 2.22. The SMILES string of the molecule is CN(C)[C@H](C(=O)NCCc1csc(-c2cnccn2)n1)c1ccc(F)cc1. The Bertz CT molecular complexity index is 883. The first-order valence-corrected chi connectivity index (χ1v) is 9.33. The molecule has 140 valence electrons. The molecule has 6 nitrogen and oxygen atoms in total. The molecule has 1 N–H and O–H groups in total. The van der Waals surface area contributed by atoms with Crippen molar-refractivity contribution >= 4 is 17.2 Å². The van der Waals surface area contributed by atoms with Crippen LogP contribution in [0.25, 0.3) is 10.7 Å². The number of rotatable bonds is 7. The van der Waals surface area contributed by atoms with Crippen molar-refractivity contribution in [3.05, 3.63) is 65.3 Å². The van der Waals surface area contributed by atoms with E-state index in [4.69, 9.17) is 0 Å². The number of carbonyl (C=O) groups is 1. The molecule has 1 aromatic carbocycles. The van der Waals surface area contributed by atoms with E-state index in [1.807, 2.05) is 19.5 Å². The highest BCUT2D eigenvalue weighted by atomic mass is 32.1. The molecule has 2 aromatic heterocycles. The first-order chi connectivity index (χ1) is 13.0. The lowest BCUT2D eigenvalue weighted by Crippen LogP contribution is -2.37. The fourth-order valence-electron chi connectivity index (χ4n) is 2.69. The van der Waals surface area contributed by atoms with Crippen LogP contribution in [0.1, 0.15) is 17.3 Å². The minimum atomic E-state index is -0.476. The van der Waals surface area contributed by atoms with E-state index in [2.05, 4.69) is 20.3 Å². The normalized spacial score (nSPS) is 12.1. The molecule has 0 fully saturated rings. The second-order valence-electron chi connectivity index (χ2n) is 6.19. The van der Waals surface area contributed by atoms with Crippen molar-refractivity contribution in [1.29, 1.82) is 0 Å². The number of nitrogens with one attached hydrogen (secondary N) is 1. The number of halogens is 1. The van der Waals surface area contributed by atoms with E-state index in [1.54, 1.807) is 35.6 Å². The lowest BCUT2D eigenvalue weighted by atomic mass is 10.1. The van der Waals surface area contributed by atoms with Crippen molar-refractivity contribution < 1.29 is 9.18 Å². The van der Waals surface area contributed by atoms with Crippen LogP contribution in [0.2, 0.25) is 0 Å². The van der Waals surface area contributed by atoms with E-state index in [1.165, 1.54) is 23.5 Å². The maximum atomic E-state index is 13.1. The minimum Gasteiger partial charge on any atom is -0.354 e. The van der Waals surface area contributed by atoms with E-state index in [-0.39, 0.29) is 11.7 Å². The topological polar surface area (TPSA) is 71.0 Å². The van der Waals surface area contributed by atoms with Crippen LogP contribution < -0.4 is 5.32 Å². The second kappa shape index (κ2) is 8.79. The van der Waals surface area contributed by atoms with Gasteiger partial charge in [-0.3, -0.25) is 19.7 Å². The Morgan fingerprint density at radius 1 is 1.26 bits per heavy atom. The second-order valence-corrected chi connectivity index (χ2v) is 7.05. The number of thiazole rings is 1. The Labute approximate surface area is 161 Å². The molecule has 1 atom stereocenters. The number of likely N-dealkylation sites (N-methyl/N-ethyl adjacent to an activating group) is 1. The molecule has 0 bridgehead atoms. The smallest absolute Gasteiger partial charge is 0.241 e. The molecule has 0 saturated heterocycles. The summed E-state index contributed by atoms with van der Waals surface area (Å²) in [5, 5.41) is 5.70. The number of aromatic nitrogens is 3. The molecule has 0 saturated carbocycles. The Morgan fingerprint density at radius 3 is 2.70 bits per heavy atom. The summed E-state index contributed by atoms with van der Waals surface area (Å²) in [4.78, 5) is 27.2. The van der Waals surface area contributed by atoms with Crippen LogP contribution in [0.5, 0.6) is 0 Å². The van der Waals surface area contributed by atoms with Crippen molar-refractivity contribution in [3.63, 3.8) is 0 Å². The van der Waals surface area contributed by atoms with Crippen LogP contribution in [0.3, 0.4) is 0 Å². The van der Waals surface area contributed by atoms with E-state index >= 15 is 0 Å². The summed E-state index contributed by atoms with van der Waals surface area (Å²) in [6.45, 7) is 0.466. The fourth-order valence-corrected chi connectivity index (χ4v) is 3.50. The highest BCUT2D eigenvalue weighted by molar-refractivity contribution is 7.13. The lowest BCUT2D eigenvalue weighted by molar-refractivity contribution is -0.125. The first-order valence-electron chi connectivity index (χ1n) is 8.45. The van der Waals surface area contributed by atoms with E-state index < -0.39 is 6.04 Å². The average Bonchev–Trinajstić information content (AvgIpc) is 3.13. The van der Waals surface area contributed by atoms with Gasteiger partial charge in [0.1, 0.15) is 22.6 Å². The molecular formula is C19H20FN5OS. The molecular weight excluding hydrogens is 365 g/mol. The van der Waals surface area contributed by atoms with Gasteiger partial charge in [0.15, 0.2) is 0 Å². The van der Waals surface area contributed by atoms with Gasteiger partial charge in [-0.05, 0) is 31.8 Å². The van der Waals surface area contributed by atoms with Gasteiger partial charge in [0.25, 0.3) is 0 Å². The summed E-state index contributed by atoms with van der Waals surface area (Å²) in [5.74, 6) is -0.449. The van der Waals surface area contributed by atoms with Gasteiger partial charge in [0.2, 0.25) is 5.91 Å². The van der Waals surface area contributed by atoms with Crippen molar-refractivity contribution in [1.82, 2.24) is 25.2 Å². The predicted molar refractivity (Wildman–Crippen MR) is 103 cm³/mol. The average molecular weight is 385 g/mol. The van der Waals surface area contributed by atoms with Crippen LogP contribution in [0, 0.1) is 5.82 Å². The molecule has 0 aliphatic rings. The number of benzene rings is 1. The summed E-state index contributed by atoms with van der Waals surface area (Å²) in [7, 11) is 3.64. The van der Waals surface area contributed by atoms with Gasteiger partial charge in [-0.1, -0.05) is 12.1 Å². The molecule has 27 heavy (non-hydrogen) atoms. The number of carbonyl (C=O) groups excluding carboxylic acids is 1. The third-order valence-corrected chi connectivity index (χ3v) is 4.88. The molecule has 3 aromatic rings. The molecule has 0 spiro atoms. The zero-order valence-electron chi connectivity index (χ0n) is 15.1. The Balaban J connectivity index is 1.58. The minimum absolute atomic E-state index is 0.129. The predicted octanol–water partition coefficient (Wildman–Crippen LogP) is 2.70. The van der Waals surface area contributed by atoms with Crippen molar-refractivity contribution in [2.24, 2.45) is 0 Å². The summed E-state index contributed by atoms with van der Waals surface area (Å²) in [5.41, 5.74) is 2.38. The molecule has 0 aliphatic carbocycles. The van der Waals surface area contributed by atoms with E-state index in [0.717, 1.165) is 22.0 Å². The van der Waals surface area contributed by atoms with Crippen LogP contribution in [-0.4, -0.2) is 46.4 Å². The number of hydrogen-bond acceptors (Lipinski definition) is 6. The zero-order chi connectivity index (χ0) is 19.2. The van der Waals surface area contributed by atoms with E-state index in [9.17, 15) is 9.18 Å². The molecule has 3 rings (SSSR count). The fraction of sp³-hybridized carbons (Fsp3) is 0.263. The third kappa shape index (κ3) is 4.93. The molecule has 2 heterocycles. The molecule has 0 aliphatic heterocycles. The lowest BCUT2D eigenvalue weighted by Gasteiger charge is -2.23. The maximum absolute atomic E-state index is 13.1. The molecule has 8 heteroatoms. The van der Waals surface area contributed by atoms with Crippen molar-refractivity contribution in [2.75, 3.05) is 20.6 Å². The quantitative estimate of drug-likeness (QED) is 0.677. The Kier molecular flexibility index (Phi) is 6.20. The van der Waals surface area contributed by atoms with Gasteiger partial charge in [-0.25, -0.2) is 9.37 Å². The standard InChI is InChI=1S/C19H20FN5OS/c1-25(2)17(13-3-5-14(20)6-4-13)18(26)23-8-7-15-12-27-19(24-15)16-11-21-9-10-22-16/h3-6,9-12,17H,7-8H2,1-2H3,(H,23,26)/t17-/m0/s1. The van der Waals surface area contributed by atoms with Crippen molar-refractivity contribution in [2.45, 2.75) is 12.5 Å². The van der Waals surface area contributed by atoms with Gasteiger partial charge < -0.3 is 5.32 Å². The van der Waals surface area contributed by atoms with Gasteiger partial charge in [0.05, 0.1) is 11.9 Å². The summed E-state index contributed by atoms with van der Waals surface area (Å²) < 4.78 is 13.1. The van der Waals surface area contributed by atoms with Crippen LogP contribution in [0.15, 0.2) is 48.2 Å². The highest BCUT2D eigenvalue weighted by Crippen LogP contribution is 2.21. The molecule has 0 radical (unpaired) electrons.